The SMILES string of the molecule is CCNC(CCCc1ccccc1)C1(OC)CCOCC1. The summed E-state index contributed by atoms with van der Waals surface area (Å²) in [6, 6.07) is 11.1. The first-order chi connectivity index (χ1) is 10.3. The number of likely N-dealkylation sites (N-methyl/N-ethyl adjacent to an activating group) is 1. The smallest absolute Gasteiger partial charge is 0.0874 e. The molecule has 3 heteroatoms. The molecule has 0 radical (unpaired) electrons. The van der Waals surface area contributed by atoms with Crippen LogP contribution in [0.1, 0.15) is 38.2 Å². The second-order valence-electron chi connectivity index (χ2n) is 5.87. The predicted molar refractivity (Wildman–Crippen MR) is 86.6 cm³/mol. The van der Waals surface area contributed by atoms with E-state index in [9.17, 15) is 0 Å². The highest BCUT2D eigenvalue weighted by Gasteiger charge is 2.39. The number of benzene rings is 1. The monoisotopic (exact) mass is 291 g/mol. The van der Waals surface area contributed by atoms with E-state index in [1.54, 1.807) is 0 Å². The molecule has 0 amide bonds. The molecule has 1 aromatic carbocycles. The van der Waals surface area contributed by atoms with Gasteiger partial charge in [-0.15, -0.1) is 0 Å². The molecule has 0 bridgehead atoms. The fraction of sp³-hybridized carbons (Fsp3) is 0.667. The lowest BCUT2D eigenvalue weighted by molar-refractivity contribution is -0.111. The molecule has 0 aromatic heterocycles. The van der Waals surface area contributed by atoms with Gasteiger partial charge >= 0.3 is 0 Å². The number of methoxy groups -OCH3 is 1. The Hall–Kier alpha value is -0.900. The molecule has 1 atom stereocenters. The van der Waals surface area contributed by atoms with Crippen LogP contribution in [0.4, 0.5) is 0 Å². The molecular formula is C18H29NO2. The molecule has 1 unspecified atom stereocenters. The highest BCUT2D eigenvalue weighted by atomic mass is 16.5. The fourth-order valence-corrected chi connectivity index (χ4v) is 3.36. The summed E-state index contributed by atoms with van der Waals surface area (Å²) >= 11 is 0. The molecule has 1 aliphatic rings. The summed E-state index contributed by atoms with van der Waals surface area (Å²) in [5.74, 6) is 0. The third-order valence-electron chi connectivity index (χ3n) is 4.63. The van der Waals surface area contributed by atoms with Gasteiger partial charge in [0.15, 0.2) is 0 Å². The lowest BCUT2D eigenvalue weighted by Gasteiger charge is -2.42. The zero-order valence-corrected chi connectivity index (χ0v) is 13.4. The lowest BCUT2D eigenvalue weighted by Crippen LogP contribution is -2.55. The Morgan fingerprint density at radius 3 is 2.57 bits per heavy atom. The predicted octanol–water partition coefficient (Wildman–Crippen LogP) is 3.18. The van der Waals surface area contributed by atoms with E-state index in [1.807, 2.05) is 7.11 Å². The van der Waals surface area contributed by atoms with Gasteiger partial charge in [-0.05, 0) is 31.4 Å². The molecule has 0 spiro atoms. The van der Waals surface area contributed by atoms with E-state index in [-0.39, 0.29) is 5.60 Å². The third-order valence-corrected chi connectivity index (χ3v) is 4.63. The topological polar surface area (TPSA) is 30.5 Å². The van der Waals surface area contributed by atoms with Crippen molar-refractivity contribution < 1.29 is 9.47 Å². The van der Waals surface area contributed by atoms with Crippen molar-refractivity contribution in [1.82, 2.24) is 5.32 Å². The summed E-state index contributed by atoms with van der Waals surface area (Å²) in [7, 11) is 1.85. The Balaban J connectivity index is 1.91. The molecule has 1 heterocycles. The van der Waals surface area contributed by atoms with Gasteiger partial charge in [0.25, 0.3) is 0 Å². The highest BCUT2D eigenvalue weighted by molar-refractivity contribution is 5.14. The van der Waals surface area contributed by atoms with E-state index < -0.39 is 0 Å². The van der Waals surface area contributed by atoms with Crippen LogP contribution >= 0.6 is 0 Å². The van der Waals surface area contributed by atoms with Crippen molar-refractivity contribution in [1.29, 1.82) is 0 Å². The zero-order chi connectivity index (χ0) is 15.0. The summed E-state index contributed by atoms with van der Waals surface area (Å²) in [6.45, 7) is 4.79. The molecule has 1 aromatic rings. The quantitative estimate of drug-likeness (QED) is 0.798. The van der Waals surface area contributed by atoms with E-state index in [1.165, 1.54) is 12.0 Å². The van der Waals surface area contributed by atoms with E-state index >= 15 is 0 Å². The van der Waals surface area contributed by atoms with Crippen molar-refractivity contribution in [2.45, 2.75) is 50.7 Å². The maximum atomic E-state index is 5.95. The van der Waals surface area contributed by atoms with Crippen LogP contribution in [0.2, 0.25) is 0 Å². The molecule has 21 heavy (non-hydrogen) atoms. The van der Waals surface area contributed by atoms with Crippen LogP contribution < -0.4 is 5.32 Å². The number of nitrogens with one attached hydrogen (secondary N) is 1. The van der Waals surface area contributed by atoms with Gasteiger partial charge in [0.05, 0.1) is 5.60 Å². The van der Waals surface area contributed by atoms with E-state index in [0.29, 0.717) is 6.04 Å². The summed E-state index contributed by atoms with van der Waals surface area (Å²) in [5, 5.41) is 3.65. The molecule has 1 N–H and O–H groups in total. The van der Waals surface area contributed by atoms with Crippen molar-refractivity contribution in [2.75, 3.05) is 26.9 Å². The van der Waals surface area contributed by atoms with Crippen LogP contribution in [0.25, 0.3) is 0 Å². The van der Waals surface area contributed by atoms with Gasteiger partial charge in [-0.1, -0.05) is 37.3 Å². The van der Waals surface area contributed by atoms with Gasteiger partial charge < -0.3 is 14.8 Å². The second kappa shape index (κ2) is 8.52. The Morgan fingerprint density at radius 2 is 1.95 bits per heavy atom. The largest absolute Gasteiger partial charge is 0.381 e. The van der Waals surface area contributed by atoms with Crippen molar-refractivity contribution in [3.05, 3.63) is 35.9 Å². The summed E-state index contributed by atoms with van der Waals surface area (Å²) in [5.41, 5.74) is 1.37. The van der Waals surface area contributed by atoms with Gasteiger partial charge in [-0.2, -0.15) is 0 Å². The average molecular weight is 291 g/mol. The van der Waals surface area contributed by atoms with Gasteiger partial charge in [0.2, 0.25) is 0 Å². The number of ether oxygens (including phenoxy) is 2. The minimum absolute atomic E-state index is 0.0506. The Bertz CT molecular complexity index is 387. The fourth-order valence-electron chi connectivity index (χ4n) is 3.36. The van der Waals surface area contributed by atoms with Crippen LogP contribution in [0, 0.1) is 0 Å². The van der Waals surface area contributed by atoms with Crippen LogP contribution in [-0.4, -0.2) is 38.5 Å². The first-order valence-electron chi connectivity index (χ1n) is 8.21. The molecule has 1 fully saturated rings. The molecule has 3 nitrogen and oxygen atoms in total. The molecule has 118 valence electrons. The second-order valence-corrected chi connectivity index (χ2v) is 5.87. The van der Waals surface area contributed by atoms with Crippen LogP contribution in [0.3, 0.4) is 0 Å². The summed E-state index contributed by atoms with van der Waals surface area (Å²) in [4.78, 5) is 0. The molecular weight excluding hydrogens is 262 g/mol. The first kappa shape index (κ1) is 16.5. The molecule has 0 aliphatic carbocycles. The zero-order valence-electron chi connectivity index (χ0n) is 13.4. The first-order valence-corrected chi connectivity index (χ1v) is 8.21. The van der Waals surface area contributed by atoms with Crippen molar-refractivity contribution in [3.63, 3.8) is 0 Å². The summed E-state index contributed by atoms with van der Waals surface area (Å²) in [6.07, 6.45) is 5.46. The van der Waals surface area contributed by atoms with Gasteiger partial charge in [0.1, 0.15) is 0 Å². The van der Waals surface area contributed by atoms with Crippen LogP contribution in [0.5, 0.6) is 0 Å². The lowest BCUT2D eigenvalue weighted by atomic mass is 9.83. The van der Waals surface area contributed by atoms with E-state index in [4.69, 9.17) is 9.47 Å². The minimum atomic E-state index is -0.0506. The summed E-state index contributed by atoms with van der Waals surface area (Å²) < 4.78 is 11.5. The normalized spacial score (nSPS) is 19.3. The maximum absolute atomic E-state index is 5.95. The van der Waals surface area contributed by atoms with Crippen molar-refractivity contribution >= 4 is 0 Å². The Kier molecular flexibility index (Phi) is 6.68. The van der Waals surface area contributed by atoms with Crippen molar-refractivity contribution in [2.24, 2.45) is 0 Å². The van der Waals surface area contributed by atoms with Crippen LogP contribution in [-0.2, 0) is 15.9 Å². The van der Waals surface area contributed by atoms with Crippen LogP contribution in [0.15, 0.2) is 30.3 Å². The average Bonchev–Trinajstić information content (AvgIpc) is 2.56. The molecule has 1 aliphatic heterocycles. The number of rotatable bonds is 8. The Labute approximate surface area is 129 Å². The van der Waals surface area contributed by atoms with Gasteiger partial charge in [0, 0.05) is 39.2 Å². The minimum Gasteiger partial charge on any atom is -0.381 e. The molecule has 1 saturated heterocycles. The maximum Gasteiger partial charge on any atom is 0.0874 e. The van der Waals surface area contributed by atoms with Crippen molar-refractivity contribution in [3.8, 4) is 0 Å². The van der Waals surface area contributed by atoms with Gasteiger partial charge in [-0.3, -0.25) is 0 Å². The number of hydrogen-bond acceptors (Lipinski definition) is 3. The standard InChI is InChI=1S/C18H29NO2/c1-3-19-17(18(20-2)12-14-21-15-13-18)11-7-10-16-8-5-4-6-9-16/h4-6,8-9,17,19H,3,7,10-15H2,1-2H3. The number of aryl methyl sites for hydroxylation is 1. The molecule has 0 saturated carbocycles. The Morgan fingerprint density at radius 1 is 1.24 bits per heavy atom. The molecule has 2 rings (SSSR count). The van der Waals surface area contributed by atoms with E-state index in [0.717, 1.165) is 45.4 Å². The number of hydrogen-bond donors (Lipinski definition) is 1. The highest BCUT2D eigenvalue weighted by Crippen LogP contribution is 2.30. The third kappa shape index (κ3) is 4.53. The van der Waals surface area contributed by atoms with E-state index in [2.05, 4.69) is 42.6 Å². The van der Waals surface area contributed by atoms with Gasteiger partial charge in [-0.25, -0.2) is 0 Å².